The Balaban J connectivity index is 2.52. The Labute approximate surface area is 111 Å². The molecule has 1 atom stereocenters. The molecule has 0 fully saturated rings. The standard InChI is InChI=1S/C14H9F5O/c1-6-2-3-8(12(18)11(6)17)14(20)7-4-9(15)13(19)10(16)5-7/h2-5,14,20H,1H3. The van der Waals surface area contributed by atoms with E-state index >= 15 is 0 Å². The lowest BCUT2D eigenvalue weighted by atomic mass is 9.99. The molecular formula is C14H9F5O. The molecule has 2 aromatic carbocycles. The summed E-state index contributed by atoms with van der Waals surface area (Å²) in [5.74, 6) is -7.22. The van der Waals surface area contributed by atoms with Crippen LogP contribution < -0.4 is 0 Å². The maximum Gasteiger partial charge on any atom is 0.194 e. The van der Waals surface area contributed by atoms with Gasteiger partial charge < -0.3 is 5.11 Å². The maximum atomic E-state index is 13.7. The van der Waals surface area contributed by atoms with Gasteiger partial charge in [-0.1, -0.05) is 12.1 Å². The van der Waals surface area contributed by atoms with Gasteiger partial charge in [-0.15, -0.1) is 0 Å². The van der Waals surface area contributed by atoms with E-state index in [4.69, 9.17) is 0 Å². The van der Waals surface area contributed by atoms with Crippen LogP contribution in [0.3, 0.4) is 0 Å². The van der Waals surface area contributed by atoms with Gasteiger partial charge in [-0.25, -0.2) is 22.0 Å². The van der Waals surface area contributed by atoms with E-state index < -0.39 is 46.3 Å². The summed E-state index contributed by atoms with van der Waals surface area (Å²) in [6.07, 6.45) is -1.81. The molecule has 6 heteroatoms. The molecule has 0 aliphatic carbocycles. The van der Waals surface area contributed by atoms with Gasteiger partial charge in [0.05, 0.1) is 0 Å². The lowest BCUT2D eigenvalue weighted by Crippen LogP contribution is -2.07. The molecule has 0 spiro atoms. The first kappa shape index (κ1) is 14.5. The smallest absolute Gasteiger partial charge is 0.194 e. The summed E-state index contributed by atoms with van der Waals surface area (Å²) in [7, 11) is 0. The van der Waals surface area contributed by atoms with Crippen LogP contribution in [-0.4, -0.2) is 5.11 Å². The highest BCUT2D eigenvalue weighted by molar-refractivity contribution is 5.34. The molecule has 0 aromatic heterocycles. The number of aliphatic hydroxyl groups is 1. The van der Waals surface area contributed by atoms with Crippen LogP contribution in [0.25, 0.3) is 0 Å². The predicted molar refractivity (Wildman–Crippen MR) is 61.5 cm³/mol. The molecule has 0 radical (unpaired) electrons. The van der Waals surface area contributed by atoms with Crippen molar-refractivity contribution in [2.24, 2.45) is 0 Å². The highest BCUT2D eigenvalue weighted by Gasteiger charge is 2.22. The Morgan fingerprint density at radius 3 is 1.95 bits per heavy atom. The van der Waals surface area contributed by atoms with Gasteiger partial charge in [0, 0.05) is 5.56 Å². The maximum absolute atomic E-state index is 13.7. The van der Waals surface area contributed by atoms with E-state index in [1.807, 2.05) is 0 Å². The van der Waals surface area contributed by atoms with Crippen molar-refractivity contribution in [2.75, 3.05) is 0 Å². The van der Waals surface area contributed by atoms with Gasteiger partial charge in [0.1, 0.15) is 6.10 Å². The number of halogens is 5. The molecule has 0 aliphatic heterocycles. The van der Waals surface area contributed by atoms with Crippen LogP contribution in [0.1, 0.15) is 22.8 Å². The number of hydrogen-bond donors (Lipinski definition) is 1. The zero-order chi connectivity index (χ0) is 15.0. The Kier molecular flexibility index (Phi) is 3.76. The van der Waals surface area contributed by atoms with Crippen molar-refractivity contribution in [2.45, 2.75) is 13.0 Å². The fourth-order valence-corrected chi connectivity index (χ4v) is 1.78. The fourth-order valence-electron chi connectivity index (χ4n) is 1.78. The number of rotatable bonds is 2. The zero-order valence-electron chi connectivity index (χ0n) is 10.2. The minimum Gasteiger partial charge on any atom is -0.384 e. The molecule has 0 saturated carbocycles. The lowest BCUT2D eigenvalue weighted by Gasteiger charge is -2.14. The molecule has 1 N–H and O–H groups in total. The fraction of sp³-hybridized carbons (Fsp3) is 0.143. The third-order valence-corrected chi connectivity index (χ3v) is 2.92. The van der Waals surface area contributed by atoms with Gasteiger partial charge in [-0.3, -0.25) is 0 Å². The third kappa shape index (κ3) is 2.38. The Morgan fingerprint density at radius 1 is 0.850 bits per heavy atom. The lowest BCUT2D eigenvalue weighted by molar-refractivity contribution is 0.211. The minimum absolute atomic E-state index is 0.0231. The van der Waals surface area contributed by atoms with Crippen molar-refractivity contribution in [1.29, 1.82) is 0 Å². The largest absolute Gasteiger partial charge is 0.384 e. The van der Waals surface area contributed by atoms with Gasteiger partial charge in [0.15, 0.2) is 29.1 Å². The summed E-state index contributed by atoms with van der Waals surface area (Å²) < 4.78 is 66.0. The normalized spacial score (nSPS) is 12.6. The molecule has 2 rings (SSSR count). The van der Waals surface area contributed by atoms with E-state index in [0.29, 0.717) is 12.1 Å². The van der Waals surface area contributed by atoms with Crippen LogP contribution >= 0.6 is 0 Å². The molecule has 2 aromatic rings. The van der Waals surface area contributed by atoms with Crippen molar-refractivity contribution < 1.29 is 27.1 Å². The number of benzene rings is 2. The first-order chi connectivity index (χ1) is 9.32. The first-order valence-electron chi connectivity index (χ1n) is 5.60. The molecule has 1 nitrogen and oxygen atoms in total. The highest BCUT2D eigenvalue weighted by Crippen LogP contribution is 2.28. The topological polar surface area (TPSA) is 20.2 Å². The summed E-state index contributed by atoms with van der Waals surface area (Å²) in [5, 5.41) is 9.87. The summed E-state index contributed by atoms with van der Waals surface area (Å²) in [4.78, 5) is 0. The minimum atomic E-state index is -1.81. The molecule has 0 aliphatic rings. The second-order valence-corrected chi connectivity index (χ2v) is 4.30. The molecule has 0 heterocycles. The second kappa shape index (κ2) is 5.20. The van der Waals surface area contributed by atoms with Crippen molar-refractivity contribution >= 4 is 0 Å². The summed E-state index contributed by atoms with van der Waals surface area (Å²) in [5.41, 5.74) is -0.878. The van der Waals surface area contributed by atoms with Crippen LogP contribution in [0.15, 0.2) is 24.3 Å². The van der Waals surface area contributed by atoms with E-state index in [1.54, 1.807) is 0 Å². The SMILES string of the molecule is Cc1ccc(C(O)c2cc(F)c(F)c(F)c2)c(F)c1F. The van der Waals surface area contributed by atoms with Crippen LogP contribution in [0.5, 0.6) is 0 Å². The number of hydrogen-bond acceptors (Lipinski definition) is 1. The zero-order valence-corrected chi connectivity index (χ0v) is 10.2. The number of aryl methyl sites for hydroxylation is 1. The quantitative estimate of drug-likeness (QED) is 0.659. The molecular weight excluding hydrogens is 279 g/mol. The second-order valence-electron chi connectivity index (χ2n) is 4.30. The average molecular weight is 288 g/mol. The van der Waals surface area contributed by atoms with Gasteiger partial charge in [0.25, 0.3) is 0 Å². The van der Waals surface area contributed by atoms with Crippen LogP contribution in [0.2, 0.25) is 0 Å². The van der Waals surface area contributed by atoms with Gasteiger partial charge in [-0.05, 0) is 30.2 Å². The van der Waals surface area contributed by atoms with E-state index in [9.17, 15) is 27.1 Å². The van der Waals surface area contributed by atoms with Crippen molar-refractivity contribution in [3.63, 3.8) is 0 Å². The van der Waals surface area contributed by atoms with Crippen molar-refractivity contribution in [3.8, 4) is 0 Å². The highest BCUT2D eigenvalue weighted by atomic mass is 19.2. The molecule has 0 amide bonds. The van der Waals surface area contributed by atoms with Crippen LogP contribution in [-0.2, 0) is 0 Å². The average Bonchev–Trinajstić information content (AvgIpc) is 2.41. The van der Waals surface area contributed by atoms with Crippen molar-refractivity contribution in [3.05, 3.63) is 70.0 Å². The molecule has 106 valence electrons. The number of aliphatic hydroxyl groups excluding tert-OH is 1. The van der Waals surface area contributed by atoms with Gasteiger partial charge >= 0.3 is 0 Å². The molecule has 1 unspecified atom stereocenters. The Bertz CT molecular complexity index is 646. The summed E-state index contributed by atoms with van der Waals surface area (Å²) >= 11 is 0. The monoisotopic (exact) mass is 288 g/mol. The van der Waals surface area contributed by atoms with Crippen LogP contribution in [0.4, 0.5) is 22.0 Å². The Hall–Kier alpha value is -1.95. The Morgan fingerprint density at radius 2 is 1.40 bits per heavy atom. The molecule has 20 heavy (non-hydrogen) atoms. The van der Waals surface area contributed by atoms with Gasteiger partial charge in [-0.2, -0.15) is 0 Å². The molecule has 0 saturated heterocycles. The van der Waals surface area contributed by atoms with Gasteiger partial charge in [0.2, 0.25) is 0 Å². The van der Waals surface area contributed by atoms with E-state index in [-0.39, 0.29) is 5.56 Å². The van der Waals surface area contributed by atoms with Crippen LogP contribution in [0, 0.1) is 36.0 Å². The van der Waals surface area contributed by atoms with Crippen molar-refractivity contribution in [1.82, 2.24) is 0 Å². The summed E-state index contributed by atoms with van der Waals surface area (Å²) in [6, 6.07) is 3.37. The summed E-state index contributed by atoms with van der Waals surface area (Å²) in [6.45, 7) is 1.33. The molecule has 0 bridgehead atoms. The van der Waals surface area contributed by atoms with E-state index in [2.05, 4.69) is 0 Å². The predicted octanol–water partition coefficient (Wildman–Crippen LogP) is 3.77. The first-order valence-corrected chi connectivity index (χ1v) is 5.60. The van der Waals surface area contributed by atoms with E-state index in [1.165, 1.54) is 13.0 Å². The third-order valence-electron chi connectivity index (χ3n) is 2.92. The van der Waals surface area contributed by atoms with E-state index in [0.717, 1.165) is 6.07 Å².